The maximum absolute atomic E-state index is 14.7. The number of anilines is 4. The molecule has 0 unspecified atom stereocenters. The number of nitrogens with zero attached hydrogens (tertiary/aromatic N) is 4. The molecule has 37 heteroatoms. The van der Waals surface area contributed by atoms with Crippen LogP contribution in [0.1, 0.15) is 103 Å². The maximum Gasteiger partial charge on any atom is 0.416 e. The van der Waals surface area contributed by atoms with Crippen LogP contribution >= 0.6 is 0 Å². The number of alkyl carbamates (subject to hydrolysis) is 3. The van der Waals surface area contributed by atoms with E-state index in [9.17, 15) is 63.0 Å². The standard InChI is InChI=1S/C87H107N11O26/c1-13-26-118-83(108)88-24-14-15-58-36-59(48-121-72-41-65-63(39-70(72)114-11)79(104)95-44-52(6)34-67(95)81(106)97(65)86(111)123-46-56-16-20-61(21-17-56)91-76(101)54(8)89-43-69(100)74(50(2)3)93-84(109)119-32-30-116-27-25-99)38-60(37-58)49-122-73-42-66-64(40-71(73)115-12)80(105)96-45-53(7)35-68(96)82(107)98(66)87(112)124-47-57-18-22-62(23-19-57)92-77(102)55(9)90-78(103)75(51(4)5)94-85(110)120-33-31-117-29-28-113-10/h13,16-23,36-42,50-51,54-55,67-68,74-75,81-82,89,99,106-107H,1,6-7,24-35,43-49H2,2-5,8-12H3,(H,88,108)(H,90,103)(H,91,101)(H,92,102)(H,93,109)(H,94,110)/t54-,55-,67-,68-,74-,75-,81-,82-/m0/s1. The van der Waals surface area contributed by atoms with Crippen molar-refractivity contribution in [1.29, 1.82) is 0 Å². The molecule has 37 nitrogen and oxygen atoms in total. The third-order valence-corrected chi connectivity index (χ3v) is 20.0. The van der Waals surface area contributed by atoms with Crippen molar-refractivity contribution >= 4 is 88.5 Å². The second kappa shape index (κ2) is 45.9. The smallest absolute Gasteiger partial charge is 0.416 e. The van der Waals surface area contributed by atoms with Gasteiger partial charge in [-0.15, -0.1) is 0 Å². The molecular weight excluding hydrogens is 1620 g/mol. The fourth-order valence-electron chi connectivity index (χ4n) is 13.6. The first-order valence-electron chi connectivity index (χ1n) is 40.0. The molecule has 0 aromatic heterocycles. The number of aliphatic hydroxyl groups is 3. The van der Waals surface area contributed by atoms with Crippen LogP contribution < -0.4 is 66.0 Å². The van der Waals surface area contributed by atoms with Crippen LogP contribution in [0.4, 0.5) is 46.7 Å². The van der Waals surface area contributed by atoms with Gasteiger partial charge in [0.05, 0.1) is 114 Å². The summed E-state index contributed by atoms with van der Waals surface area (Å²) in [6.07, 6.45) is -6.23. The molecule has 666 valence electrons. The lowest BCUT2D eigenvalue weighted by Gasteiger charge is -2.31. The van der Waals surface area contributed by atoms with E-state index in [0.717, 1.165) is 9.80 Å². The molecule has 124 heavy (non-hydrogen) atoms. The van der Waals surface area contributed by atoms with Crippen molar-refractivity contribution in [3.05, 3.63) is 167 Å². The quantitative estimate of drug-likeness (QED) is 0.00841. The summed E-state index contributed by atoms with van der Waals surface area (Å²) in [7, 11) is 4.23. The van der Waals surface area contributed by atoms with E-state index >= 15 is 0 Å². The van der Waals surface area contributed by atoms with Crippen LogP contribution in [-0.2, 0) is 83.5 Å². The predicted octanol–water partition coefficient (Wildman–Crippen LogP) is 6.72. The van der Waals surface area contributed by atoms with Gasteiger partial charge in [-0.3, -0.25) is 34.1 Å². The molecule has 5 aromatic carbocycles. The van der Waals surface area contributed by atoms with E-state index < -0.39 is 114 Å². The Morgan fingerprint density at radius 2 is 0.992 bits per heavy atom. The summed E-state index contributed by atoms with van der Waals surface area (Å²) in [5.74, 6) is 2.12. The first-order valence-corrected chi connectivity index (χ1v) is 40.0. The molecular formula is C87H107N11O26. The molecule has 9 rings (SSSR count). The van der Waals surface area contributed by atoms with E-state index in [2.05, 4.69) is 68.8 Å². The number of hydrogen-bond donors (Lipinski definition) is 10. The number of Topliss-reactive ketones (excluding diaryl/α,β-unsaturated/α-hetero) is 1. The highest BCUT2D eigenvalue weighted by atomic mass is 16.6. The van der Waals surface area contributed by atoms with E-state index in [-0.39, 0.29) is 169 Å². The monoisotopic (exact) mass is 1720 g/mol. The first-order chi connectivity index (χ1) is 59.4. The number of benzene rings is 5. The van der Waals surface area contributed by atoms with Gasteiger partial charge in [-0.2, -0.15) is 0 Å². The lowest BCUT2D eigenvalue weighted by molar-refractivity contribution is -0.128. The molecule has 10 amide bonds. The van der Waals surface area contributed by atoms with Crippen LogP contribution in [0.3, 0.4) is 0 Å². The summed E-state index contributed by atoms with van der Waals surface area (Å²) in [5.41, 5.74) is 3.83. The van der Waals surface area contributed by atoms with E-state index in [1.165, 1.54) is 68.4 Å². The van der Waals surface area contributed by atoms with Crippen molar-refractivity contribution in [2.45, 2.75) is 130 Å². The lowest BCUT2D eigenvalue weighted by atomic mass is 10.00. The topological polar surface area (TPSA) is 456 Å². The van der Waals surface area contributed by atoms with Gasteiger partial charge in [-0.05, 0) is 115 Å². The minimum Gasteiger partial charge on any atom is -0.493 e. The average Bonchev–Trinajstić information content (AvgIpc) is 1.60. The molecule has 2 fully saturated rings. The highest BCUT2D eigenvalue weighted by Gasteiger charge is 2.49. The number of carbonyl (C=O) groups is 11. The maximum atomic E-state index is 14.7. The number of ether oxygens (including phenoxy) is 12. The molecule has 8 atom stereocenters. The van der Waals surface area contributed by atoms with E-state index in [1.807, 2.05) is 0 Å². The largest absolute Gasteiger partial charge is 0.493 e. The number of aliphatic hydroxyl groups excluding tert-OH is 3. The zero-order valence-corrected chi connectivity index (χ0v) is 70.6. The Labute approximate surface area is 717 Å². The molecule has 4 aliphatic rings. The SMILES string of the molecule is C=CCOC(=O)NCC#Cc1cc(COc2cc3c(cc2OC)C(=O)N2CC(=C)C[C@H]2[C@H](O)N3C(=O)OCc2ccc(NC(=O)[C@H](C)NCC(=O)[C@@H](NC(=O)OCCOCCO)C(C)C)cc2)cc(COc2cc3c(cc2OC)C(=O)N2CC(=C)C[C@H]2[C@H](O)N3C(=O)OCc2ccc(NC(=O)[C@H](C)NC(=O)[C@@H](NC(=O)OCCOCCOC)C(C)C)cc2)c1. The molecule has 10 N–H and O–H groups in total. The van der Waals surface area contributed by atoms with Crippen molar-refractivity contribution < 1.29 is 125 Å². The Kier molecular flexibility index (Phi) is 35.2. The Bertz CT molecular complexity index is 4760. The number of amides is 10. The van der Waals surface area contributed by atoms with Gasteiger partial charge in [0.15, 0.2) is 41.2 Å². The Balaban J connectivity index is 0.901. The van der Waals surface area contributed by atoms with Crippen LogP contribution in [0.2, 0.25) is 0 Å². The fourth-order valence-corrected chi connectivity index (χ4v) is 13.6. The number of fused-ring (bicyclic) bond motifs is 4. The van der Waals surface area contributed by atoms with Gasteiger partial charge in [0.1, 0.15) is 58.3 Å². The van der Waals surface area contributed by atoms with Crippen LogP contribution in [-0.4, -0.2) is 247 Å². The summed E-state index contributed by atoms with van der Waals surface area (Å²) in [4.78, 5) is 154. The summed E-state index contributed by atoms with van der Waals surface area (Å²) in [6.45, 7) is 20.7. The van der Waals surface area contributed by atoms with Crippen LogP contribution in [0.5, 0.6) is 23.0 Å². The summed E-state index contributed by atoms with van der Waals surface area (Å²) >= 11 is 0. The van der Waals surface area contributed by atoms with Gasteiger partial charge in [0.25, 0.3) is 11.8 Å². The van der Waals surface area contributed by atoms with Crippen LogP contribution in [0, 0.1) is 23.7 Å². The third kappa shape index (κ3) is 25.9. The van der Waals surface area contributed by atoms with Crippen LogP contribution in [0.15, 0.2) is 128 Å². The average molecular weight is 1720 g/mol. The van der Waals surface area contributed by atoms with Gasteiger partial charge in [0.2, 0.25) is 17.7 Å². The lowest BCUT2D eigenvalue weighted by Crippen LogP contribution is -2.53. The second-order valence-corrected chi connectivity index (χ2v) is 29.9. The third-order valence-electron chi connectivity index (χ3n) is 20.0. The zero-order chi connectivity index (χ0) is 89.8. The minimum atomic E-state index is -1.69. The molecule has 0 radical (unpaired) electrons. The summed E-state index contributed by atoms with van der Waals surface area (Å²) < 4.78 is 67.1. The van der Waals surface area contributed by atoms with E-state index in [1.54, 1.807) is 101 Å². The second-order valence-electron chi connectivity index (χ2n) is 29.9. The van der Waals surface area contributed by atoms with Gasteiger partial charge in [-0.1, -0.05) is 101 Å². The molecule has 4 aliphatic heterocycles. The molecule has 0 saturated carbocycles. The normalized spacial score (nSPS) is 16.7. The molecule has 0 aliphatic carbocycles. The van der Waals surface area contributed by atoms with Crippen LogP contribution in [0.25, 0.3) is 0 Å². The number of ketones is 1. The van der Waals surface area contributed by atoms with E-state index in [0.29, 0.717) is 63.6 Å². The highest BCUT2D eigenvalue weighted by molar-refractivity contribution is 6.08. The fraction of sp³-hybridized carbons (Fsp3) is 0.437. The van der Waals surface area contributed by atoms with Gasteiger partial charge >= 0.3 is 30.5 Å². The first kappa shape index (κ1) is 95.0. The molecule has 4 heterocycles. The zero-order valence-electron chi connectivity index (χ0n) is 70.6. The number of carbonyl (C=O) groups excluding carboxylic acids is 11. The Morgan fingerprint density at radius 1 is 0.524 bits per heavy atom. The minimum absolute atomic E-state index is 0.000832. The summed E-state index contributed by atoms with van der Waals surface area (Å²) in [5, 5.41) is 52.0. The molecule has 0 bridgehead atoms. The van der Waals surface area contributed by atoms with Crippen molar-refractivity contribution in [3.63, 3.8) is 0 Å². The van der Waals surface area contributed by atoms with Crippen molar-refractivity contribution in [2.75, 3.05) is 127 Å². The number of nitrogens with one attached hydrogen (secondary N) is 7. The highest BCUT2D eigenvalue weighted by Crippen LogP contribution is 2.45. The van der Waals surface area contributed by atoms with Crippen molar-refractivity contribution in [3.8, 4) is 34.8 Å². The van der Waals surface area contributed by atoms with Gasteiger partial charge in [-0.25, -0.2) is 33.8 Å². The number of hydrogen-bond acceptors (Lipinski definition) is 27. The Hall–Kier alpha value is -12.8. The van der Waals surface area contributed by atoms with Gasteiger partial charge in [0, 0.05) is 49.3 Å². The molecule has 5 aromatic rings. The van der Waals surface area contributed by atoms with Gasteiger partial charge < -0.3 is 114 Å². The molecule has 0 spiro atoms. The van der Waals surface area contributed by atoms with Crippen molar-refractivity contribution in [2.24, 2.45) is 11.8 Å². The Morgan fingerprint density at radius 3 is 1.45 bits per heavy atom. The molecule has 2 saturated heterocycles. The number of methoxy groups -OCH3 is 3. The number of rotatable bonds is 40. The van der Waals surface area contributed by atoms with Crippen molar-refractivity contribution in [1.82, 2.24) is 36.4 Å². The predicted molar refractivity (Wildman–Crippen MR) is 449 cm³/mol. The van der Waals surface area contributed by atoms with E-state index in [4.69, 9.17) is 61.9 Å². The summed E-state index contributed by atoms with van der Waals surface area (Å²) in [6, 6.07) is 17.3.